The second kappa shape index (κ2) is 4.76. The summed E-state index contributed by atoms with van der Waals surface area (Å²) in [5.41, 5.74) is 0.233. The van der Waals surface area contributed by atoms with Crippen LogP contribution in [0.4, 0.5) is 10.5 Å². The molecule has 1 aromatic carbocycles. The van der Waals surface area contributed by atoms with Gasteiger partial charge >= 0.3 is 6.09 Å². The van der Waals surface area contributed by atoms with Gasteiger partial charge in [-0.1, -0.05) is 0 Å². The molecule has 0 aliphatic rings. The molecule has 0 fully saturated rings. The number of amides is 1. The molecule has 0 atom stereocenters. The van der Waals surface area contributed by atoms with E-state index >= 15 is 0 Å². The minimum Gasteiger partial charge on any atom is -0.464 e. The molecule has 1 aromatic heterocycles. The summed E-state index contributed by atoms with van der Waals surface area (Å²) in [4.78, 5) is 23.3. The molecule has 0 spiro atoms. The summed E-state index contributed by atoms with van der Waals surface area (Å²) in [6, 6.07) is 6.17. The van der Waals surface area contributed by atoms with Crippen LogP contribution in [0.1, 0.15) is 20.8 Å². The highest BCUT2D eigenvalue weighted by atomic mass is 16.6. The van der Waals surface area contributed by atoms with Gasteiger partial charge in [-0.15, -0.1) is 0 Å². The normalized spacial score (nSPS) is 11.3. The predicted molar refractivity (Wildman–Crippen MR) is 72.3 cm³/mol. The van der Waals surface area contributed by atoms with Crippen molar-refractivity contribution in [2.45, 2.75) is 26.4 Å². The topological polar surface area (TPSA) is 68.5 Å². The molecule has 0 aliphatic carbocycles. The molecule has 0 bridgehead atoms. The summed E-state index contributed by atoms with van der Waals surface area (Å²) in [5.74, 6) is 0. The zero-order valence-corrected chi connectivity index (χ0v) is 11.0. The fourth-order valence-electron chi connectivity index (χ4n) is 1.58. The summed E-state index contributed by atoms with van der Waals surface area (Å²) in [6.45, 7) is 5.34. The Balaban J connectivity index is 2.25. The van der Waals surface area contributed by atoms with Crippen molar-refractivity contribution in [3.05, 3.63) is 40.8 Å². The van der Waals surface area contributed by atoms with Crippen molar-refractivity contribution >= 4 is 22.7 Å². The molecule has 1 amide bonds. The molecule has 0 radical (unpaired) electrons. The average molecular weight is 261 g/mol. The van der Waals surface area contributed by atoms with Crippen LogP contribution < -0.4 is 10.7 Å². The third-order valence-corrected chi connectivity index (χ3v) is 2.30. The molecular weight excluding hydrogens is 246 g/mol. The first-order valence-corrected chi connectivity index (χ1v) is 5.87. The Morgan fingerprint density at radius 2 is 2.00 bits per heavy atom. The van der Waals surface area contributed by atoms with Gasteiger partial charge in [0.05, 0.1) is 11.6 Å². The van der Waals surface area contributed by atoms with Crippen LogP contribution in [0, 0.1) is 0 Å². The second-order valence-electron chi connectivity index (χ2n) is 5.12. The molecule has 0 unspecified atom stereocenters. The summed E-state index contributed by atoms with van der Waals surface area (Å²) >= 11 is 0. The van der Waals surface area contributed by atoms with Gasteiger partial charge in [-0.25, -0.2) is 4.79 Å². The van der Waals surface area contributed by atoms with Crippen LogP contribution in [-0.4, -0.2) is 11.7 Å². The van der Waals surface area contributed by atoms with E-state index < -0.39 is 11.7 Å². The van der Waals surface area contributed by atoms with E-state index in [4.69, 9.17) is 9.15 Å². The van der Waals surface area contributed by atoms with E-state index in [1.54, 1.807) is 39.0 Å². The Bertz CT molecular complexity index is 667. The summed E-state index contributed by atoms with van der Waals surface area (Å²) in [7, 11) is 0. The van der Waals surface area contributed by atoms with Gasteiger partial charge in [0, 0.05) is 11.8 Å². The monoisotopic (exact) mass is 261 g/mol. The van der Waals surface area contributed by atoms with Gasteiger partial charge in [-0.3, -0.25) is 10.1 Å². The predicted octanol–water partition coefficient (Wildman–Crippen LogP) is 3.14. The summed E-state index contributed by atoms with van der Waals surface area (Å²) < 4.78 is 10.3. The highest BCUT2D eigenvalue weighted by Crippen LogP contribution is 2.17. The van der Waals surface area contributed by atoms with Gasteiger partial charge < -0.3 is 9.15 Å². The van der Waals surface area contributed by atoms with Gasteiger partial charge in [-0.2, -0.15) is 0 Å². The lowest BCUT2D eigenvalue weighted by molar-refractivity contribution is 0.0636. The molecular formula is C14H15NO4. The van der Waals surface area contributed by atoms with E-state index in [9.17, 15) is 9.59 Å². The zero-order valence-electron chi connectivity index (χ0n) is 11.0. The Labute approximate surface area is 110 Å². The van der Waals surface area contributed by atoms with Crippen molar-refractivity contribution in [3.63, 3.8) is 0 Å². The van der Waals surface area contributed by atoms with Crippen LogP contribution in [0.15, 0.2) is 39.7 Å². The van der Waals surface area contributed by atoms with Crippen LogP contribution in [-0.2, 0) is 4.74 Å². The van der Waals surface area contributed by atoms with E-state index in [1.807, 2.05) is 0 Å². The number of hydrogen-bond donors (Lipinski definition) is 1. The zero-order chi connectivity index (χ0) is 14.0. The first-order valence-electron chi connectivity index (χ1n) is 5.87. The minimum absolute atomic E-state index is 0.158. The molecule has 100 valence electrons. The van der Waals surface area contributed by atoms with Crippen LogP contribution in [0.2, 0.25) is 0 Å². The molecule has 0 aliphatic heterocycles. The molecule has 5 heteroatoms. The highest BCUT2D eigenvalue weighted by Gasteiger charge is 2.16. The van der Waals surface area contributed by atoms with E-state index in [0.29, 0.717) is 16.7 Å². The average Bonchev–Trinajstić information content (AvgIpc) is 2.27. The molecule has 19 heavy (non-hydrogen) atoms. The number of carbonyl (C=O) groups excluding carboxylic acids is 1. The highest BCUT2D eigenvalue weighted by molar-refractivity contribution is 5.89. The molecule has 0 saturated heterocycles. The Hall–Kier alpha value is -2.30. The van der Waals surface area contributed by atoms with E-state index in [1.165, 1.54) is 12.3 Å². The van der Waals surface area contributed by atoms with E-state index in [-0.39, 0.29) is 5.43 Å². The molecule has 1 heterocycles. The maximum absolute atomic E-state index is 11.6. The maximum Gasteiger partial charge on any atom is 0.412 e. The number of benzene rings is 1. The number of anilines is 1. The Morgan fingerprint density at radius 3 is 2.68 bits per heavy atom. The smallest absolute Gasteiger partial charge is 0.412 e. The Morgan fingerprint density at radius 1 is 1.26 bits per heavy atom. The molecule has 2 aromatic rings. The van der Waals surface area contributed by atoms with Gasteiger partial charge in [0.1, 0.15) is 11.2 Å². The van der Waals surface area contributed by atoms with E-state index in [2.05, 4.69) is 5.32 Å². The lowest BCUT2D eigenvalue weighted by Gasteiger charge is -2.19. The number of fused-ring (bicyclic) bond motifs is 1. The van der Waals surface area contributed by atoms with Gasteiger partial charge in [0.25, 0.3) is 0 Å². The van der Waals surface area contributed by atoms with Crippen LogP contribution in [0.5, 0.6) is 0 Å². The first kappa shape index (κ1) is 13.1. The van der Waals surface area contributed by atoms with Crippen LogP contribution in [0.3, 0.4) is 0 Å². The van der Waals surface area contributed by atoms with Gasteiger partial charge in [0.15, 0.2) is 5.43 Å². The van der Waals surface area contributed by atoms with Crippen molar-refractivity contribution in [1.82, 2.24) is 0 Å². The van der Waals surface area contributed by atoms with Crippen molar-refractivity contribution in [1.29, 1.82) is 0 Å². The van der Waals surface area contributed by atoms with Gasteiger partial charge in [0.2, 0.25) is 0 Å². The number of hydrogen-bond acceptors (Lipinski definition) is 4. The van der Waals surface area contributed by atoms with Crippen molar-refractivity contribution < 1.29 is 13.9 Å². The third kappa shape index (κ3) is 3.34. The quantitative estimate of drug-likeness (QED) is 0.856. The standard InChI is InChI=1S/C14H15NO4/c1-14(2,3)19-13(17)15-9-4-5-12-10(8-9)11(16)6-7-18-12/h4-8H,1-3H3,(H,15,17). The first-order chi connectivity index (χ1) is 8.85. The second-order valence-corrected chi connectivity index (χ2v) is 5.12. The third-order valence-electron chi connectivity index (χ3n) is 2.30. The number of rotatable bonds is 1. The maximum atomic E-state index is 11.6. The lowest BCUT2D eigenvalue weighted by atomic mass is 10.2. The summed E-state index contributed by atoms with van der Waals surface area (Å²) in [5, 5.41) is 2.99. The van der Waals surface area contributed by atoms with Crippen molar-refractivity contribution in [2.24, 2.45) is 0 Å². The number of ether oxygens (including phenoxy) is 1. The largest absolute Gasteiger partial charge is 0.464 e. The van der Waals surface area contributed by atoms with Crippen LogP contribution in [0.25, 0.3) is 11.0 Å². The number of carbonyl (C=O) groups is 1. The number of nitrogens with one attached hydrogen (secondary N) is 1. The summed E-state index contributed by atoms with van der Waals surface area (Å²) in [6.07, 6.45) is 0.776. The van der Waals surface area contributed by atoms with Crippen molar-refractivity contribution in [2.75, 3.05) is 5.32 Å². The fourth-order valence-corrected chi connectivity index (χ4v) is 1.58. The molecule has 2 rings (SSSR count). The van der Waals surface area contributed by atoms with Crippen LogP contribution >= 0.6 is 0 Å². The molecule has 1 N–H and O–H groups in total. The Kier molecular flexibility index (Phi) is 3.29. The molecule has 5 nitrogen and oxygen atoms in total. The fraction of sp³-hybridized carbons (Fsp3) is 0.286. The SMILES string of the molecule is CC(C)(C)OC(=O)Nc1ccc2occc(=O)c2c1. The van der Waals surface area contributed by atoms with Gasteiger partial charge in [-0.05, 0) is 39.0 Å². The van der Waals surface area contributed by atoms with E-state index in [0.717, 1.165) is 0 Å². The molecule has 0 saturated carbocycles. The van der Waals surface area contributed by atoms with Crippen molar-refractivity contribution in [3.8, 4) is 0 Å². The lowest BCUT2D eigenvalue weighted by Crippen LogP contribution is -2.27. The minimum atomic E-state index is -0.569.